The van der Waals surface area contributed by atoms with Crippen LogP contribution in [0.2, 0.25) is 0 Å². The number of carbonyl (C=O) groups is 1. The number of ether oxygens (including phenoxy) is 1. The van der Waals surface area contributed by atoms with E-state index in [1.54, 1.807) is 0 Å². The minimum Gasteiger partial charge on any atom is -0.494 e. The van der Waals surface area contributed by atoms with Gasteiger partial charge in [0.2, 0.25) is 0 Å². The lowest BCUT2D eigenvalue weighted by Gasteiger charge is -2.22. The monoisotopic (exact) mass is 313 g/mol. The number of para-hydroxylation sites is 1. The molecule has 1 aromatic carbocycles. The van der Waals surface area contributed by atoms with E-state index in [2.05, 4.69) is 10.3 Å². The third-order valence-electron chi connectivity index (χ3n) is 4.43. The Morgan fingerprint density at radius 1 is 1.17 bits per heavy atom. The fourth-order valence-electron chi connectivity index (χ4n) is 3.30. The maximum absolute atomic E-state index is 11.3. The smallest absolute Gasteiger partial charge is 0.172 e. The van der Waals surface area contributed by atoms with Gasteiger partial charge < -0.3 is 4.74 Å². The van der Waals surface area contributed by atoms with Gasteiger partial charge in [0.15, 0.2) is 6.29 Å². The molecule has 1 aliphatic rings. The van der Waals surface area contributed by atoms with Gasteiger partial charge in [-0.3, -0.25) is 4.79 Å². The summed E-state index contributed by atoms with van der Waals surface area (Å²) in [6.07, 6.45) is 7.70. The van der Waals surface area contributed by atoms with Crippen molar-refractivity contribution in [3.05, 3.63) is 41.7 Å². The molecule has 5 heteroatoms. The van der Waals surface area contributed by atoms with Crippen molar-refractivity contribution < 1.29 is 9.53 Å². The molecule has 1 saturated carbocycles. The van der Waals surface area contributed by atoms with Crippen LogP contribution in [0, 0.1) is 0 Å². The lowest BCUT2D eigenvalue weighted by Crippen LogP contribution is -2.15. The Kier molecular flexibility index (Phi) is 5.40. The van der Waals surface area contributed by atoms with Crippen LogP contribution in [0.4, 0.5) is 0 Å². The fraction of sp³-hybridized carbons (Fsp3) is 0.500. The first-order chi connectivity index (χ1) is 11.4. The molecule has 1 heterocycles. The van der Waals surface area contributed by atoms with Crippen LogP contribution in [0.1, 0.15) is 60.6 Å². The van der Waals surface area contributed by atoms with Crippen LogP contribution in [0.5, 0.6) is 5.75 Å². The van der Waals surface area contributed by atoms with E-state index in [9.17, 15) is 4.79 Å². The van der Waals surface area contributed by atoms with Gasteiger partial charge >= 0.3 is 0 Å². The summed E-state index contributed by atoms with van der Waals surface area (Å²) in [6, 6.07) is 9.80. The summed E-state index contributed by atoms with van der Waals surface area (Å²) in [4.78, 5) is 11.3. The number of carbonyl (C=O) groups excluding carboxylic acids is 1. The molecule has 0 amide bonds. The van der Waals surface area contributed by atoms with Crippen LogP contribution < -0.4 is 4.74 Å². The summed E-state index contributed by atoms with van der Waals surface area (Å²) in [6.45, 7) is 1.36. The second-order valence-electron chi connectivity index (χ2n) is 6.05. The second-order valence-corrected chi connectivity index (χ2v) is 6.05. The topological polar surface area (TPSA) is 57.0 Å². The molecule has 0 atom stereocenters. The highest BCUT2D eigenvalue weighted by atomic mass is 16.5. The largest absolute Gasteiger partial charge is 0.494 e. The summed E-state index contributed by atoms with van der Waals surface area (Å²) in [5.41, 5.74) is 1.54. The highest BCUT2D eigenvalue weighted by Crippen LogP contribution is 2.33. The van der Waals surface area contributed by atoms with E-state index in [1.807, 2.05) is 35.0 Å². The molecule has 3 rings (SSSR count). The van der Waals surface area contributed by atoms with Crippen molar-refractivity contribution in [2.45, 2.75) is 51.0 Å². The Labute approximate surface area is 136 Å². The molecule has 0 aliphatic heterocycles. The third-order valence-corrected chi connectivity index (χ3v) is 4.43. The molecule has 0 radical (unpaired) electrons. The predicted molar refractivity (Wildman–Crippen MR) is 87.8 cm³/mol. The summed E-state index contributed by atoms with van der Waals surface area (Å²) in [7, 11) is 0. The van der Waals surface area contributed by atoms with Gasteiger partial charge in [-0.15, -0.1) is 5.10 Å². The van der Waals surface area contributed by atoms with E-state index < -0.39 is 0 Å². The summed E-state index contributed by atoms with van der Waals surface area (Å²) in [5, 5.41) is 8.24. The van der Waals surface area contributed by atoms with Gasteiger partial charge in [0.25, 0.3) is 0 Å². The summed E-state index contributed by atoms with van der Waals surface area (Å²) in [5.74, 6) is 1.31. The van der Waals surface area contributed by atoms with Crippen molar-refractivity contribution in [2.75, 3.05) is 6.61 Å². The van der Waals surface area contributed by atoms with E-state index in [-0.39, 0.29) is 0 Å². The quantitative estimate of drug-likeness (QED) is 0.579. The number of aldehydes is 1. The van der Waals surface area contributed by atoms with Crippen LogP contribution in [-0.2, 0) is 6.54 Å². The Morgan fingerprint density at radius 2 is 1.96 bits per heavy atom. The number of rotatable bonds is 7. The zero-order chi connectivity index (χ0) is 15.9. The lowest BCUT2D eigenvalue weighted by atomic mass is 9.86. The lowest BCUT2D eigenvalue weighted by molar-refractivity contribution is 0.111. The standard InChI is InChI=1S/C18H23N3O2/c22-14-17-18(15-8-3-1-4-9-15)21(20-19-17)12-7-13-23-16-10-5-2-6-11-16/h2,5-6,10-11,14-15H,1,3-4,7-9,12-13H2. The summed E-state index contributed by atoms with van der Waals surface area (Å²) >= 11 is 0. The summed E-state index contributed by atoms with van der Waals surface area (Å²) < 4.78 is 7.63. The van der Waals surface area contributed by atoms with Crippen LogP contribution in [0.15, 0.2) is 30.3 Å². The molecule has 23 heavy (non-hydrogen) atoms. The Hall–Kier alpha value is -2.17. The van der Waals surface area contributed by atoms with Crippen molar-refractivity contribution in [1.82, 2.24) is 15.0 Å². The second kappa shape index (κ2) is 7.90. The zero-order valence-corrected chi connectivity index (χ0v) is 13.4. The number of hydrogen-bond donors (Lipinski definition) is 0. The van der Waals surface area contributed by atoms with Gasteiger partial charge in [-0.2, -0.15) is 0 Å². The number of aromatic nitrogens is 3. The average molecular weight is 313 g/mol. The van der Waals surface area contributed by atoms with E-state index >= 15 is 0 Å². The number of benzene rings is 1. The fourth-order valence-corrected chi connectivity index (χ4v) is 3.30. The first-order valence-electron chi connectivity index (χ1n) is 8.45. The van der Waals surface area contributed by atoms with Gasteiger partial charge in [-0.1, -0.05) is 42.7 Å². The molecule has 0 unspecified atom stereocenters. The predicted octanol–water partition coefficient (Wildman–Crippen LogP) is 3.61. The molecular formula is C18H23N3O2. The molecule has 5 nitrogen and oxygen atoms in total. The first kappa shape index (κ1) is 15.7. The van der Waals surface area contributed by atoms with Crippen molar-refractivity contribution in [1.29, 1.82) is 0 Å². The zero-order valence-electron chi connectivity index (χ0n) is 13.4. The molecule has 1 aliphatic carbocycles. The Bertz CT molecular complexity index is 618. The minimum atomic E-state index is 0.425. The number of aryl methyl sites for hydroxylation is 1. The maximum atomic E-state index is 11.3. The molecule has 0 bridgehead atoms. The van der Waals surface area contributed by atoms with Crippen LogP contribution in [0.25, 0.3) is 0 Å². The van der Waals surface area contributed by atoms with Crippen molar-refractivity contribution >= 4 is 6.29 Å². The Morgan fingerprint density at radius 3 is 2.70 bits per heavy atom. The minimum absolute atomic E-state index is 0.425. The average Bonchev–Trinajstić information content (AvgIpc) is 3.03. The van der Waals surface area contributed by atoms with E-state index in [0.717, 1.165) is 43.5 Å². The molecule has 2 aromatic rings. The molecule has 1 aromatic heterocycles. The highest BCUT2D eigenvalue weighted by Gasteiger charge is 2.24. The third kappa shape index (κ3) is 3.97. The van der Waals surface area contributed by atoms with Crippen molar-refractivity contribution in [3.63, 3.8) is 0 Å². The maximum Gasteiger partial charge on any atom is 0.172 e. The van der Waals surface area contributed by atoms with Crippen molar-refractivity contribution in [2.24, 2.45) is 0 Å². The van der Waals surface area contributed by atoms with Crippen LogP contribution in [-0.4, -0.2) is 27.9 Å². The van der Waals surface area contributed by atoms with Crippen LogP contribution in [0.3, 0.4) is 0 Å². The van der Waals surface area contributed by atoms with Crippen LogP contribution >= 0.6 is 0 Å². The number of hydrogen-bond acceptors (Lipinski definition) is 4. The van der Waals surface area contributed by atoms with Gasteiger partial charge in [0.05, 0.1) is 12.3 Å². The van der Waals surface area contributed by atoms with E-state index in [4.69, 9.17) is 4.74 Å². The molecule has 1 fully saturated rings. The normalized spacial score (nSPS) is 15.5. The molecule has 0 saturated heterocycles. The molecule has 0 spiro atoms. The van der Waals surface area contributed by atoms with Gasteiger partial charge in [-0.25, -0.2) is 4.68 Å². The molecule has 0 N–H and O–H groups in total. The SMILES string of the molecule is O=Cc1nnn(CCCOc2ccccc2)c1C1CCCCC1. The van der Waals surface area contributed by atoms with Crippen molar-refractivity contribution in [3.8, 4) is 5.75 Å². The molecule has 122 valence electrons. The molecular weight excluding hydrogens is 290 g/mol. The number of nitrogens with zero attached hydrogens (tertiary/aromatic N) is 3. The van der Waals surface area contributed by atoms with E-state index in [1.165, 1.54) is 19.3 Å². The van der Waals surface area contributed by atoms with Gasteiger partial charge in [-0.05, 0) is 25.0 Å². The van der Waals surface area contributed by atoms with Gasteiger partial charge in [0.1, 0.15) is 11.4 Å². The Balaban J connectivity index is 1.59. The highest BCUT2D eigenvalue weighted by molar-refractivity contribution is 5.73. The van der Waals surface area contributed by atoms with E-state index in [0.29, 0.717) is 18.2 Å². The first-order valence-corrected chi connectivity index (χ1v) is 8.45. The van der Waals surface area contributed by atoms with Gasteiger partial charge in [0, 0.05) is 18.9 Å².